The predicted molar refractivity (Wildman–Crippen MR) is 60.5 cm³/mol. The summed E-state index contributed by atoms with van der Waals surface area (Å²) in [7, 11) is 2.64. The number of unbranched alkanes of at least 4 members (excludes halogenated alkanes) is 4. The van der Waals surface area contributed by atoms with Crippen LogP contribution in [-0.4, -0.2) is 0 Å². The predicted octanol–water partition coefficient (Wildman–Crippen LogP) is 3.29. The highest BCUT2D eigenvalue weighted by Gasteiger charge is 1.99. The summed E-state index contributed by atoms with van der Waals surface area (Å²) >= 11 is 0. The van der Waals surface area contributed by atoms with Crippen molar-refractivity contribution in [2.24, 2.45) is 0 Å². The molecule has 1 aromatic rings. The summed E-state index contributed by atoms with van der Waals surface area (Å²) in [5, 5.41) is 0. The van der Waals surface area contributed by atoms with Crippen LogP contribution < -0.4 is 5.50 Å². The Morgan fingerprint density at radius 2 is 2.00 bits per heavy atom. The normalized spacial score (nSPS) is 10.6. The van der Waals surface area contributed by atoms with Crippen LogP contribution in [-0.2, 0) is 6.42 Å². The molecule has 0 bridgehead atoms. The lowest BCUT2D eigenvalue weighted by Gasteiger charge is -1.99. The maximum Gasteiger partial charge on any atom is 0.122 e. The van der Waals surface area contributed by atoms with Crippen molar-refractivity contribution in [3.05, 3.63) is 17.9 Å². The van der Waals surface area contributed by atoms with Crippen LogP contribution in [0.5, 0.6) is 0 Å². The van der Waals surface area contributed by atoms with Crippen molar-refractivity contribution in [1.29, 1.82) is 0 Å². The van der Waals surface area contributed by atoms with Gasteiger partial charge in [0.1, 0.15) is 5.50 Å². The molecule has 1 unspecified atom stereocenters. The Morgan fingerprint density at radius 3 is 2.62 bits per heavy atom. The van der Waals surface area contributed by atoms with E-state index in [9.17, 15) is 0 Å². The molecule has 0 aliphatic heterocycles. The largest absolute Gasteiger partial charge is 0.465 e. The van der Waals surface area contributed by atoms with Crippen molar-refractivity contribution in [1.82, 2.24) is 0 Å². The SMILES string of the molecule is CCCCCCCc1ccoc1P. The number of aryl methyl sites for hydroxylation is 1. The van der Waals surface area contributed by atoms with E-state index in [0.29, 0.717) is 0 Å². The summed E-state index contributed by atoms with van der Waals surface area (Å²) in [6.07, 6.45) is 9.65. The van der Waals surface area contributed by atoms with E-state index in [1.54, 1.807) is 6.26 Å². The third-order valence-corrected chi connectivity index (χ3v) is 2.84. The summed E-state index contributed by atoms with van der Waals surface area (Å²) in [6.45, 7) is 2.25. The summed E-state index contributed by atoms with van der Waals surface area (Å²) in [5.74, 6) is 0. The molecular weight excluding hydrogens is 179 g/mol. The number of rotatable bonds is 6. The molecule has 0 fully saturated rings. The molecule has 0 radical (unpaired) electrons. The van der Waals surface area contributed by atoms with Gasteiger partial charge in [-0.3, -0.25) is 0 Å². The van der Waals surface area contributed by atoms with Gasteiger partial charge in [-0.2, -0.15) is 0 Å². The van der Waals surface area contributed by atoms with Crippen LogP contribution in [0.15, 0.2) is 16.7 Å². The highest BCUT2D eigenvalue weighted by atomic mass is 31.0. The van der Waals surface area contributed by atoms with Gasteiger partial charge in [-0.15, -0.1) is 0 Å². The molecule has 0 aromatic carbocycles. The Hall–Kier alpha value is -0.290. The Bertz CT molecular complexity index is 230. The molecular formula is C11H19OP. The van der Waals surface area contributed by atoms with Crippen LogP contribution in [0, 0.1) is 0 Å². The van der Waals surface area contributed by atoms with Gasteiger partial charge in [-0.05, 0) is 24.5 Å². The van der Waals surface area contributed by atoms with E-state index < -0.39 is 0 Å². The average Bonchev–Trinajstić information content (AvgIpc) is 2.52. The van der Waals surface area contributed by atoms with Crippen LogP contribution in [0.25, 0.3) is 0 Å². The highest BCUT2D eigenvalue weighted by molar-refractivity contribution is 7.26. The van der Waals surface area contributed by atoms with Gasteiger partial charge in [0.15, 0.2) is 0 Å². The maximum atomic E-state index is 5.21. The molecule has 0 saturated carbocycles. The Labute approximate surface area is 83.1 Å². The topological polar surface area (TPSA) is 13.1 Å². The summed E-state index contributed by atoms with van der Waals surface area (Å²) < 4.78 is 5.21. The first-order chi connectivity index (χ1) is 6.34. The van der Waals surface area contributed by atoms with E-state index in [0.717, 1.165) is 5.50 Å². The van der Waals surface area contributed by atoms with Gasteiger partial charge in [0.05, 0.1) is 6.26 Å². The lowest BCUT2D eigenvalue weighted by Crippen LogP contribution is -1.95. The second-order valence-corrected chi connectivity index (χ2v) is 4.00. The molecule has 0 N–H and O–H groups in total. The fourth-order valence-corrected chi connectivity index (χ4v) is 1.79. The molecule has 1 rings (SSSR count). The fourth-order valence-electron chi connectivity index (χ4n) is 1.47. The van der Waals surface area contributed by atoms with Crippen molar-refractivity contribution >= 4 is 14.7 Å². The third kappa shape index (κ3) is 3.95. The summed E-state index contributed by atoms with van der Waals surface area (Å²) in [6, 6.07) is 2.07. The van der Waals surface area contributed by atoms with Gasteiger partial charge in [0.25, 0.3) is 0 Å². The van der Waals surface area contributed by atoms with Crippen LogP contribution in [0.3, 0.4) is 0 Å². The molecule has 0 amide bonds. The molecule has 1 aromatic heterocycles. The fraction of sp³-hybridized carbons (Fsp3) is 0.636. The molecule has 1 nitrogen and oxygen atoms in total. The molecule has 1 atom stereocenters. The standard InChI is InChI=1S/C11H19OP/c1-2-3-4-5-6-7-10-8-9-12-11(10)13/h8-9H,2-7,13H2,1H3. The van der Waals surface area contributed by atoms with E-state index in [4.69, 9.17) is 4.42 Å². The molecule has 1 heterocycles. The molecule has 74 valence electrons. The van der Waals surface area contributed by atoms with Crippen molar-refractivity contribution in [3.8, 4) is 0 Å². The number of hydrogen-bond donors (Lipinski definition) is 0. The van der Waals surface area contributed by atoms with Crippen molar-refractivity contribution in [2.75, 3.05) is 0 Å². The number of furan rings is 1. The average molecular weight is 198 g/mol. The molecule has 0 aliphatic rings. The van der Waals surface area contributed by atoms with Gasteiger partial charge < -0.3 is 4.42 Å². The molecule has 13 heavy (non-hydrogen) atoms. The van der Waals surface area contributed by atoms with Gasteiger partial charge in [-0.1, -0.05) is 41.8 Å². The van der Waals surface area contributed by atoms with Crippen LogP contribution >= 0.6 is 9.24 Å². The van der Waals surface area contributed by atoms with Gasteiger partial charge in [0.2, 0.25) is 0 Å². The third-order valence-electron chi connectivity index (χ3n) is 2.33. The van der Waals surface area contributed by atoms with E-state index >= 15 is 0 Å². The highest BCUT2D eigenvalue weighted by Crippen LogP contribution is 2.09. The van der Waals surface area contributed by atoms with E-state index in [2.05, 4.69) is 22.2 Å². The monoisotopic (exact) mass is 198 g/mol. The Balaban J connectivity index is 2.10. The Morgan fingerprint density at radius 1 is 1.23 bits per heavy atom. The molecule has 0 aliphatic carbocycles. The van der Waals surface area contributed by atoms with Crippen LogP contribution in [0.1, 0.15) is 44.6 Å². The first-order valence-corrected chi connectivity index (χ1v) is 5.74. The lowest BCUT2D eigenvalue weighted by atomic mass is 10.1. The van der Waals surface area contributed by atoms with Crippen molar-refractivity contribution in [2.45, 2.75) is 45.4 Å². The van der Waals surface area contributed by atoms with E-state index in [1.807, 2.05) is 0 Å². The zero-order chi connectivity index (χ0) is 9.52. The second-order valence-electron chi connectivity index (χ2n) is 3.47. The second kappa shape index (κ2) is 6.21. The maximum absolute atomic E-state index is 5.21. The zero-order valence-electron chi connectivity index (χ0n) is 8.38. The Kier molecular flexibility index (Phi) is 5.15. The van der Waals surface area contributed by atoms with Gasteiger partial charge in [0, 0.05) is 0 Å². The minimum absolute atomic E-state index is 1.01. The first kappa shape index (κ1) is 10.8. The molecule has 0 saturated heterocycles. The zero-order valence-corrected chi connectivity index (χ0v) is 9.54. The smallest absolute Gasteiger partial charge is 0.122 e. The van der Waals surface area contributed by atoms with E-state index in [-0.39, 0.29) is 0 Å². The lowest BCUT2D eigenvalue weighted by molar-refractivity contribution is 0.598. The van der Waals surface area contributed by atoms with Gasteiger partial charge >= 0.3 is 0 Å². The van der Waals surface area contributed by atoms with Crippen molar-refractivity contribution < 1.29 is 4.42 Å². The van der Waals surface area contributed by atoms with E-state index in [1.165, 1.54) is 44.1 Å². The number of hydrogen-bond acceptors (Lipinski definition) is 1. The summed E-state index contributed by atoms with van der Waals surface area (Å²) in [4.78, 5) is 0. The minimum Gasteiger partial charge on any atom is -0.465 e. The minimum atomic E-state index is 1.01. The quantitative estimate of drug-likeness (QED) is 0.505. The summed E-state index contributed by atoms with van der Waals surface area (Å²) in [5.41, 5.74) is 2.36. The van der Waals surface area contributed by atoms with Gasteiger partial charge in [-0.25, -0.2) is 0 Å². The first-order valence-electron chi connectivity index (χ1n) is 5.16. The van der Waals surface area contributed by atoms with Crippen molar-refractivity contribution in [3.63, 3.8) is 0 Å². The van der Waals surface area contributed by atoms with Crippen LogP contribution in [0.2, 0.25) is 0 Å². The molecule has 0 spiro atoms. The van der Waals surface area contributed by atoms with Crippen LogP contribution in [0.4, 0.5) is 0 Å². The molecule has 2 heteroatoms.